The number of nitrogens with zero attached hydrogens (tertiary/aromatic N) is 3. The van der Waals surface area contributed by atoms with E-state index in [0.717, 1.165) is 18.9 Å². The Morgan fingerprint density at radius 1 is 1.29 bits per heavy atom. The highest BCUT2D eigenvalue weighted by molar-refractivity contribution is 5.65. The maximum atomic E-state index is 13.9. The number of carbonyl (C=O) groups is 1. The van der Waals surface area contributed by atoms with Gasteiger partial charge in [0.05, 0.1) is 5.69 Å². The molecule has 2 heterocycles. The molecule has 1 aromatic carbocycles. The van der Waals surface area contributed by atoms with E-state index in [4.69, 9.17) is 0 Å². The van der Waals surface area contributed by atoms with Crippen molar-refractivity contribution in [2.75, 3.05) is 18.4 Å². The van der Waals surface area contributed by atoms with E-state index in [0.29, 0.717) is 25.0 Å². The number of halogens is 3. The third-order valence-electron chi connectivity index (χ3n) is 5.82. The van der Waals surface area contributed by atoms with E-state index < -0.39 is 23.5 Å². The average Bonchev–Trinajstić information content (AvgIpc) is 3.10. The van der Waals surface area contributed by atoms with Gasteiger partial charge in [-0.3, -0.25) is 0 Å². The minimum atomic E-state index is -1.28. The van der Waals surface area contributed by atoms with Crippen LogP contribution in [0.3, 0.4) is 0 Å². The minimum absolute atomic E-state index is 0.0359. The van der Waals surface area contributed by atoms with Crippen molar-refractivity contribution < 1.29 is 23.1 Å². The van der Waals surface area contributed by atoms with Crippen LogP contribution in [0.5, 0.6) is 0 Å². The summed E-state index contributed by atoms with van der Waals surface area (Å²) < 4.78 is 40.6. The molecular weight excluding hydrogens is 373 g/mol. The third kappa shape index (κ3) is 3.25. The summed E-state index contributed by atoms with van der Waals surface area (Å²) in [6.45, 7) is 3.14. The molecule has 0 bridgehead atoms. The summed E-state index contributed by atoms with van der Waals surface area (Å²) in [6, 6.07) is 4.52. The molecule has 1 saturated heterocycles. The summed E-state index contributed by atoms with van der Waals surface area (Å²) in [5.41, 5.74) is -0.326. The van der Waals surface area contributed by atoms with Gasteiger partial charge >= 0.3 is 6.09 Å². The zero-order valence-electron chi connectivity index (χ0n) is 15.1. The normalized spacial score (nSPS) is 26.4. The zero-order valence-corrected chi connectivity index (χ0v) is 15.1. The molecule has 1 saturated carbocycles. The van der Waals surface area contributed by atoms with E-state index in [9.17, 15) is 23.1 Å². The molecule has 2 aliphatic rings. The number of anilines is 1. The number of rotatable bonds is 3. The van der Waals surface area contributed by atoms with Gasteiger partial charge in [-0.1, -0.05) is 6.92 Å². The number of carboxylic acid groups (broad SMARTS) is 1. The van der Waals surface area contributed by atoms with Gasteiger partial charge in [0.15, 0.2) is 11.6 Å². The molecule has 2 aromatic rings. The van der Waals surface area contributed by atoms with Crippen molar-refractivity contribution in [2.45, 2.75) is 25.8 Å². The van der Waals surface area contributed by atoms with E-state index >= 15 is 0 Å². The van der Waals surface area contributed by atoms with Gasteiger partial charge in [-0.05, 0) is 42.4 Å². The molecule has 1 amide bonds. The number of nitrogens with one attached hydrogen (secondary N) is 1. The Hall–Kier alpha value is -2.84. The number of fused-ring (bicyclic) bond motifs is 1. The van der Waals surface area contributed by atoms with Crippen LogP contribution in [0, 0.1) is 28.8 Å². The fourth-order valence-electron chi connectivity index (χ4n) is 4.46. The van der Waals surface area contributed by atoms with E-state index in [1.165, 1.54) is 11.0 Å². The lowest BCUT2D eigenvalue weighted by atomic mass is 9.83. The molecule has 6 nitrogen and oxygen atoms in total. The summed E-state index contributed by atoms with van der Waals surface area (Å²) >= 11 is 0. The SMILES string of the molecule is C[C@@]12C[C@@H](Nc3ccc(-c4cc(F)cc(F)c4F)nn3)C[C@@H]1CN(C(=O)O)C2. The molecule has 0 unspecified atom stereocenters. The van der Waals surface area contributed by atoms with Crippen LogP contribution >= 0.6 is 0 Å². The van der Waals surface area contributed by atoms with Gasteiger partial charge < -0.3 is 15.3 Å². The molecule has 1 aliphatic carbocycles. The standard InChI is InChI=1S/C19H19F3N4O2/c1-19-7-12(4-10(19)8-26(9-19)18(27)28)23-16-3-2-15(24-25-16)13-5-11(20)6-14(21)17(13)22/h2-3,5-6,10,12H,4,7-9H2,1H3,(H,23,25)(H,27,28)/t10-,12+,19+/m1/s1. The fourth-order valence-corrected chi connectivity index (χ4v) is 4.46. The smallest absolute Gasteiger partial charge is 0.407 e. The monoisotopic (exact) mass is 392 g/mol. The molecule has 4 rings (SSSR count). The van der Waals surface area contributed by atoms with Gasteiger partial charge in [0, 0.05) is 30.8 Å². The quantitative estimate of drug-likeness (QED) is 0.778. The second kappa shape index (κ2) is 6.65. The van der Waals surface area contributed by atoms with Gasteiger partial charge in [-0.15, -0.1) is 10.2 Å². The van der Waals surface area contributed by atoms with Crippen LogP contribution in [-0.2, 0) is 0 Å². The van der Waals surface area contributed by atoms with Crippen LogP contribution in [0.4, 0.5) is 23.8 Å². The van der Waals surface area contributed by atoms with Crippen molar-refractivity contribution in [3.8, 4) is 11.3 Å². The van der Waals surface area contributed by atoms with Crippen molar-refractivity contribution in [2.24, 2.45) is 11.3 Å². The fraction of sp³-hybridized carbons (Fsp3) is 0.421. The number of hydrogen-bond donors (Lipinski definition) is 2. The van der Waals surface area contributed by atoms with Crippen LogP contribution in [0.15, 0.2) is 24.3 Å². The van der Waals surface area contributed by atoms with Crippen molar-refractivity contribution in [3.63, 3.8) is 0 Å². The minimum Gasteiger partial charge on any atom is -0.465 e. The molecule has 3 atom stereocenters. The topological polar surface area (TPSA) is 78.4 Å². The molecule has 148 valence electrons. The number of amides is 1. The Balaban J connectivity index is 1.45. The second-order valence-corrected chi connectivity index (χ2v) is 7.85. The summed E-state index contributed by atoms with van der Waals surface area (Å²) in [6.07, 6.45) is 0.727. The molecule has 1 aliphatic heterocycles. The Kier molecular flexibility index (Phi) is 4.40. The van der Waals surface area contributed by atoms with Crippen LogP contribution in [-0.4, -0.2) is 45.4 Å². The molecule has 1 aromatic heterocycles. The summed E-state index contributed by atoms with van der Waals surface area (Å²) in [5.74, 6) is -2.59. The Morgan fingerprint density at radius 3 is 2.71 bits per heavy atom. The average molecular weight is 392 g/mol. The lowest BCUT2D eigenvalue weighted by Gasteiger charge is -2.23. The largest absolute Gasteiger partial charge is 0.465 e. The maximum absolute atomic E-state index is 13.9. The van der Waals surface area contributed by atoms with Gasteiger partial charge in [-0.25, -0.2) is 18.0 Å². The van der Waals surface area contributed by atoms with Gasteiger partial charge in [0.2, 0.25) is 0 Å². The molecule has 9 heteroatoms. The highest BCUT2D eigenvalue weighted by Gasteiger charge is 2.51. The second-order valence-electron chi connectivity index (χ2n) is 7.85. The molecule has 28 heavy (non-hydrogen) atoms. The van der Waals surface area contributed by atoms with Crippen molar-refractivity contribution in [1.82, 2.24) is 15.1 Å². The third-order valence-corrected chi connectivity index (χ3v) is 5.82. The molecular formula is C19H19F3N4O2. The summed E-state index contributed by atoms with van der Waals surface area (Å²) in [5, 5.41) is 20.3. The highest BCUT2D eigenvalue weighted by Crippen LogP contribution is 2.49. The Bertz CT molecular complexity index is 924. The Labute approximate surface area is 159 Å². The van der Waals surface area contributed by atoms with Crippen LogP contribution in [0.1, 0.15) is 19.8 Å². The van der Waals surface area contributed by atoms with E-state index in [1.807, 2.05) is 0 Å². The number of benzene rings is 1. The molecule has 2 N–H and O–H groups in total. The predicted molar refractivity (Wildman–Crippen MR) is 95.2 cm³/mol. The number of likely N-dealkylation sites (tertiary alicyclic amines) is 1. The van der Waals surface area contributed by atoms with E-state index in [1.54, 1.807) is 6.07 Å². The number of hydrogen-bond acceptors (Lipinski definition) is 4. The van der Waals surface area contributed by atoms with E-state index in [2.05, 4.69) is 22.4 Å². The highest BCUT2D eigenvalue weighted by atomic mass is 19.2. The van der Waals surface area contributed by atoms with Crippen LogP contribution in [0.2, 0.25) is 0 Å². The number of aromatic nitrogens is 2. The maximum Gasteiger partial charge on any atom is 0.407 e. The first-order valence-electron chi connectivity index (χ1n) is 8.98. The van der Waals surface area contributed by atoms with Crippen LogP contribution in [0.25, 0.3) is 11.3 Å². The first-order valence-corrected chi connectivity index (χ1v) is 8.98. The molecule has 0 radical (unpaired) electrons. The van der Waals surface area contributed by atoms with Crippen LogP contribution < -0.4 is 5.32 Å². The van der Waals surface area contributed by atoms with Gasteiger partial charge in [0.1, 0.15) is 11.6 Å². The first-order chi connectivity index (χ1) is 13.2. The predicted octanol–water partition coefficient (Wildman–Crippen LogP) is 3.75. The summed E-state index contributed by atoms with van der Waals surface area (Å²) in [7, 11) is 0. The lowest BCUT2D eigenvalue weighted by Crippen LogP contribution is -2.31. The first kappa shape index (κ1) is 18.5. The van der Waals surface area contributed by atoms with E-state index in [-0.39, 0.29) is 28.6 Å². The van der Waals surface area contributed by atoms with Crippen molar-refractivity contribution in [3.05, 3.63) is 41.7 Å². The summed E-state index contributed by atoms with van der Waals surface area (Å²) in [4.78, 5) is 12.6. The Morgan fingerprint density at radius 2 is 2.07 bits per heavy atom. The molecule has 2 fully saturated rings. The zero-order chi connectivity index (χ0) is 20.1. The van der Waals surface area contributed by atoms with Gasteiger partial charge in [-0.2, -0.15) is 0 Å². The van der Waals surface area contributed by atoms with Crippen molar-refractivity contribution in [1.29, 1.82) is 0 Å². The van der Waals surface area contributed by atoms with Crippen molar-refractivity contribution >= 4 is 11.9 Å². The van der Waals surface area contributed by atoms with Gasteiger partial charge in [0.25, 0.3) is 0 Å². The molecule has 0 spiro atoms. The lowest BCUT2D eigenvalue weighted by molar-refractivity contribution is 0.148.